The Kier molecular flexibility index (Phi) is 3.86. The third-order valence-electron chi connectivity index (χ3n) is 3.62. The molecule has 7 heteroatoms. The Bertz CT molecular complexity index is 687. The van der Waals surface area contributed by atoms with Crippen LogP contribution in [0.5, 0.6) is 0 Å². The van der Waals surface area contributed by atoms with Crippen molar-refractivity contribution in [2.24, 2.45) is 0 Å². The molecule has 2 heterocycles. The zero-order valence-electron chi connectivity index (χ0n) is 11.7. The molecule has 1 atom stereocenters. The number of benzene rings is 1. The third kappa shape index (κ3) is 2.83. The second-order valence-electron chi connectivity index (χ2n) is 5.04. The van der Waals surface area contributed by atoms with E-state index in [1.54, 1.807) is 18.2 Å². The number of amides is 2. The van der Waals surface area contributed by atoms with Gasteiger partial charge in [-0.2, -0.15) is 0 Å². The van der Waals surface area contributed by atoms with E-state index in [0.29, 0.717) is 12.0 Å². The Morgan fingerprint density at radius 1 is 1.41 bits per heavy atom. The molecule has 22 heavy (non-hydrogen) atoms. The van der Waals surface area contributed by atoms with Crippen LogP contribution < -0.4 is 5.32 Å². The Labute approximate surface area is 125 Å². The third-order valence-corrected chi connectivity index (χ3v) is 3.62. The van der Waals surface area contributed by atoms with Crippen molar-refractivity contribution in [1.82, 2.24) is 10.1 Å². The van der Waals surface area contributed by atoms with Crippen LogP contribution in [0, 0.1) is 5.82 Å². The fourth-order valence-electron chi connectivity index (χ4n) is 2.50. The zero-order valence-corrected chi connectivity index (χ0v) is 11.7. The highest BCUT2D eigenvalue weighted by atomic mass is 19.1. The SMILES string of the molecule is O=C(Nc1ccon1)C1CCC(=O)N1Cc1ccccc1F. The van der Waals surface area contributed by atoms with E-state index in [0.717, 1.165) is 0 Å². The van der Waals surface area contributed by atoms with Crippen LogP contribution in [-0.2, 0) is 16.1 Å². The normalized spacial score (nSPS) is 17.8. The standard InChI is InChI=1S/C15H14FN3O3/c16-11-4-2-1-3-10(11)9-19-12(5-6-14(19)20)15(21)17-13-7-8-22-18-13/h1-4,7-8,12H,5-6,9H2,(H,17,18,21). The molecule has 2 amide bonds. The van der Waals surface area contributed by atoms with Gasteiger partial charge < -0.3 is 14.7 Å². The average molecular weight is 303 g/mol. The number of hydrogen-bond acceptors (Lipinski definition) is 4. The fourth-order valence-corrected chi connectivity index (χ4v) is 2.50. The molecule has 0 saturated carbocycles. The van der Waals surface area contributed by atoms with Gasteiger partial charge in [-0.25, -0.2) is 4.39 Å². The molecule has 1 N–H and O–H groups in total. The number of carbonyl (C=O) groups excluding carboxylic acids is 2. The molecule has 0 bridgehead atoms. The first-order chi connectivity index (χ1) is 10.6. The van der Waals surface area contributed by atoms with Crippen LogP contribution in [0.1, 0.15) is 18.4 Å². The highest BCUT2D eigenvalue weighted by Crippen LogP contribution is 2.23. The molecule has 0 spiro atoms. The molecule has 1 aromatic carbocycles. The molecular formula is C15H14FN3O3. The van der Waals surface area contributed by atoms with E-state index in [9.17, 15) is 14.0 Å². The molecule has 1 saturated heterocycles. The summed E-state index contributed by atoms with van der Waals surface area (Å²) in [7, 11) is 0. The van der Waals surface area contributed by atoms with Crippen molar-refractivity contribution in [3.63, 3.8) is 0 Å². The van der Waals surface area contributed by atoms with Crippen molar-refractivity contribution in [3.8, 4) is 0 Å². The van der Waals surface area contributed by atoms with Gasteiger partial charge in [0.1, 0.15) is 18.1 Å². The van der Waals surface area contributed by atoms with Crippen molar-refractivity contribution in [2.75, 3.05) is 5.32 Å². The predicted molar refractivity (Wildman–Crippen MR) is 75.1 cm³/mol. The molecule has 1 aliphatic rings. The summed E-state index contributed by atoms with van der Waals surface area (Å²) in [6, 6.07) is 7.09. The van der Waals surface area contributed by atoms with Crippen LogP contribution in [0.25, 0.3) is 0 Å². The van der Waals surface area contributed by atoms with E-state index in [4.69, 9.17) is 0 Å². The lowest BCUT2D eigenvalue weighted by Crippen LogP contribution is -2.41. The topological polar surface area (TPSA) is 75.4 Å². The number of halogens is 1. The summed E-state index contributed by atoms with van der Waals surface area (Å²) in [5.41, 5.74) is 0.386. The Balaban J connectivity index is 1.75. The van der Waals surface area contributed by atoms with E-state index in [1.165, 1.54) is 23.3 Å². The summed E-state index contributed by atoms with van der Waals surface area (Å²) in [5.74, 6) is -0.618. The van der Waals surface area contributed by atoms with Crippen molar-refractivity contribution in [3.05, 3.63) is 48.0 Å². The summed E-state index contributed by atoms with van der Waals surface area (Å²) >= 11 is 0. The number of rotatable bonds is 4. The molecule has 0 radical (unpaired) electrons. The maximum Gasteiger partial charge on any atom is 0.248 e. The van der Waals surface area contributed by atoms with Gasteiger partial charge in [0, 0.05) is 24.6 Å². The predicted octanol–water partition coefficient (Wildman–Crippen LogP) is 1.94. The number of aromatic nitrogens is 1. The summed E-state index contributed by atoms with van der Waals surface area (Å²) in [5, 5.41) is 6.18. The van der Waals surface area contributed by atoms with Gasteiger partial charge in [0.15, 0.2) is 5.82 Å². The van der Waals surface area contributed by atoms with Crippen LogP contribution in [0.2, 0.25) is 0 Å². The lowest BCUT2D eigenvalue weighted by atomic mass is 10.1. The first kappa shape index (κ1) is 14.2. The van der Waals surface area contributed by atoms with Crippen LogP contribution in [0.15, 0.2) is 41.1 Å². The minimum absolute atomic E-state index is 0.0718. The molecular weight excluding hydrogens is 289 g/mol. The average Bonchev–Trinajstić information content (AvgIpc) is 3.12. The van der Waals surface area contributed by atoms with Crippen molar-refractivity contribution in [1.29, 1.82) is 0 Å². The molecule has 1 fully saturated rings. The monoisotopic (exact) mass is 303 g/mol. The quantitative estimate of drug-likeness (QED) is 0.936. The van der Waals surface area contributed by atoms with Gasteiger partial charge in [-0.1, -0.05) is 23.4 Å². The van der Waals surface area contributed by atoms with E-state index in [1.807, 2.05) is 0 Å². The summed E-state index contributed by atoms with van der Waals surface area (Å²) < 4.78 is 18.4. The van der Waals surface area contributed by atoms with Crippen molar-refractivity contribution in [2.45, 2.75) is 25.4 Å². The van der Waals surface area contributed by atoms with Gasteiger partial charge in [-0.05, 0) is 12.5 Å². The van der Waals surface area contributed by atoms with Gasteiger partial charge in [0.25, 0.3) is 0 Å². The number of carbonyl (C=O) groups is 2. The lowest BCUT2D eigenvalue weighted by Gasteiger charge is -2.23. The molecule has 1 aliphatic heterocycles. The number of nitrogens with zero attached hydrogens (tertiary/aromatic N) is 2. The van der Waals surface area contributed by atoms with Crippen LogP contribution in [-0.4, -0.2) is 27.9 Å². The minimum Gasteiger partial charge on any atom is -0.363 e. The summed E-state index contributed by atoms with van der Waals surface area (Å²) in [6.45, 7) is 0.0718. The largest absolute Gasteiger partial charge is 0.363 e. The van der Waals surface area contributed by atoms with E-state index in [-0.39, 0.29) is 30.6 Å². The molecule has 0 aliphatic carbocycles. The number of likely N-dealkylation sites (tertiary alicyclic amines) is 1. The number of anilines is 1. The second kappa shape index (κ2) is 5.97. The Morgan fingerprint density at radius 3 is 2.95 bits per heavy atom. The van der Waals surface area contributed by atoms with Gasteiger partial charge in [0.05, 0.1) is 0 Å². The molecule has 3 rings (SSSR count). The fraction of sp³-hybridized carbons (Fsp3) is 0.267. The van der Waals surface area contributed by atoms with Crippen molar-refractivity contribution < 1.29 is 18.5 Å². The van der Waals surface area contributed by atoms with Gasteiger partial charge in [0.2, 0.25) is 11.8 Å². The Hall–Kier alpha value is -2.70. The summed E-state index contributed by atoms with van der Waals surface area (Å²) in [6.07, 6.45) is 2.01. The maximum absolute atomic E-state index is 13.7. The van der Waals surface area contributed by atoms with E-state index >= 15 is 0 Å². The maximum atomic E-state index is 13.7. The molecule has 6 nitrogen and oxygen atoms in total. The highest BCUT2D eigenvalue weighted by molar-refractivity contribution is 5.98. The van der Waals surface area contributed by atoms with E-state index < -0.39 is 11.9 Å². The first-order valence-electron chi connectivity index (χ1n) is 6.89. The first-order valence-corrected chi connectivity index (χ1v) is 6.89. The van der Waals surface area contributed by atoms with Gasteiger partial charge in [-0.3, -0.25) is 9.59 Å². The molecule has 2 aromatic rings. The van der Waals surface area contributed by atoms with Crippen LogP contribution >= 0.6 is 0 Å². The molecule has 1 unspecified atom stereocenters. The smallest absolute Gasteiger partial charge is 0.248 e. The van der Waals surface area contributed by atoms with Crippen molar-refractivity contribution >= 4 is 17.6 Å². The van der Waals surface area contributed by atoms with Gasteiger partial charge in [-0.15, -0.1) is 0 Å². The zero-order chi connectivity index (χ0) is 15.5. The van der Waals surface area contributed by atoms with E-state index in [2.05, 4.69) is 15.0 Å². The number of hydrogen-bond donors (Lipinski definition) is 1. The summed E-state index contributed by atoms with van der Waals surface area (Å²) in [4.78, 5) is 25.7. The number of nitrogens with one attached hydrogen (secondary N) is 1. The Morgan fingerprint density at radius 2 is 2.23 bits per heavy atom. The van der Waals surface area contributed by atoms with Gasteiger partial charge >= 0.3 is 0 Å². The highest BCUT2D eigenvalue weighted by Gasteiger charge is 2.36. The van der Waals surface area contributed by atoms with Crippen LogP contribution in [0.3, 0.4) is 0 Å². The molecule has 114 valence electrons. The second-order valence-corrected chi connectivity index (χ2v) is 5.04. The lowest BCUT2D eigenvalue weighted by molar-refractivity contribution is -0.133. The minimum atomic E-state index is -0.635. The van der Waals surface area contributed by atoms with Crippen LogP contribution in [0.4, 0.5) is 10.2 Å². The molecule has 1 aromatic heterocycles.